The number of rotatable bonds is 5. The molecule has 2 amide bonds. The summed E-state index contributed by atoms with van der Waals surface area (Å²) in [5, 5.41) is 12.9. The first kappa shape index (κ1) is 15.1. The van der Waals surface area contributed by atoms with Crippen molar-refractivity contribution < 1.29 is 14.7 Å². The lowest BCUT2D eigenvalue weighted by atomic mass is 10.3. The standard InChI is InChI=1S/C15H16N2O3S/c1-16(9-12-7-8-21-11-12)15(20)17(10-14(18)19)13-5-3-2-4-6-13/h2-8,11H,9-10H2,1H3,(H,18,19). The normalized spacial score (nSPS) is 10.1. The molecule has 1 aromatic heterocycles. The van der Waals surface area contributed by atoms with Gasteiger partial charge < -0.3 is 10.0 Å². The van der Waals surface area contributed by atoms with Crippen molar-refractivity contribution in [3.8, 4) is 0 Å². The summed E-state index contributed by atoms with van der Waals surface area (Å²) >= 11 is 1.56. The van der Waals surface area contributed by atoms with Crippen molar-refractivity contribution in [1.29, 1.82) is 0 Å². The number of nitrogens with zero attached hydrogens (tertiary/aromatic N) is 2. The Bertz CT molecular complexity index is 599. The lowest BCUT2D eigenvalue weighted by Crippen LogP contribution is -2.43. The number of benzene rings is 1. The highest BCUT2D eigenvalue weighted by Gasteiger charge is 2.22. The van der Waals surface area contributed by atoms with E-state index in [1.807, 2.05) is 22.9 Å². The van der Waals surface area contributed by atoms with Gasteiger partial charge in [0.2, 0.25) is 0 Å². The lowest BCUT2D eigenvalue weighted by Gasteiger charge is -2.27. The van der Waals surface area contributed by atoms with Gasteiger partial charge in [0.15, 0.2) is 0 Å². The van der Waals surface area contributed by atoms with Gasteiger partial charge in [-0.05, 0) is 34.5 Å². The van der Waals surface area contributed by atoms with Crippen molar-refractivity contribution in [2.24, 2.45) is 0 Å². The summed E-state index contributed by atoms with van der Waals surface area (Å²) in [4.78, 5) is 26.3. The zero-order chi connectivity index (χ0) is 15.2. The second-order valence-corrected chi connectivity index (χ2v) is 5.37. The van der Waals surface area contributed by atoms with Crippen LogP contribution < -0.4 is 4.90 Å². The number of hydrogen-bond acceptors (Lipinski definition) is 3. The van der Waals surface area contributed by atoms with E-state index in [-0.39, 0.29) is 12.6 Å². The molecule has 0 radical (unpaired) electrons. The van der Waals surface area contributed by atoms with Crippen LogP contribution >= 0.6 is 11.3 Å². The fourth-order valence-electron chi connectivity index (χ4n) is 1.94. The Morgan fingerprint density at radius 1 is 1.19 bits per heavy atom. The molecule has 0 saturated heterocycles. The number of urea groups is 1. The Balaban J connectivity index is 2.16. The maximum Gasteiger partial charge on any atom is 0.325 e. The molecule has 0 aliphatic heterocycles. The highest BCUT2D eigenvalue weighted by molar-refractivity contribution is 7.07. The smallest absolute Gasteiger partial charge is 0.325 e. The number of aliphatic carboxylic acids is 1. The molecule has 0 saturated carbocycles. The molecular weight excluding hydrogens is 288 g/mol. The molecule has 1 heterocycles. The van der Waals surface area contributed by atoms with Crippen molar-refractivity contribution in [3.63, 3.8) is 0 Å². The zero-order valence-electron chi connectivity index (χ0n) is 11.6. The van der Waals surface area contributed by atoms with Crippen LogP contribution in [0.15, 0.2) is 47.2 Å². The molecule has 6 heteroatoms. The molecule has 2 rings (SSSR count). The van der Waals surface area contributed by atoms with Crippen LogP contribution in [0.5, 0.6) is 0 Å². The van der Waals surface area contributed by atoms with Crippen LogP contribution in [0.3, 0.4) is 0 Å². The molecule has 110 valence electrons. The maximum atomic E-state index is 12.5. The average molecular weight is 304 g/mol. The SMILES string of the molecule is CN(Cc1ccsc1)C(=O)N(CC(=O)O)c1ccccc1. The van der Waals surface area contributed by atoms with Crippen LogP contribution in [-0.4, -0.2) is 35.6 Å². The van der Waals surface area contributed by atoms with Gasteiger partial charge in [-0.2, -0.15) is 11.3 Å². The first-order chi connectivity index (χ1) is 10.1. The number of carbonyl (C=O) groups is 2. The molecular formula is C15H16N2O3S. The molecule has 1 aromatic carbocycles. The van der Waals surface area contributed by atoms with Gasteiger partial charge in [0, 0.05) is 19.3 Å². The minimum absolute atomic E-state index is 0.338. The summed E-state index contributed by atoms with van der Waals surface area (Å²) in [5.74, 6) is -1.05. The van der Waals surface area contributed by atoms with Gasteiger partial charge in [-0.3, -0.25) is 9.69 Å². The molecule has 0 fully saturated rings. The van der Waals surface area contributed by atoms with E-state index in [0.717, 1.165) is 5.56 Å². The summed E-state index contributed by atoms with van der Waals surface area (Å²) in [6.45, 7) is 0.0854. The van der Waals surface area contributed by atoms with Crippen LogP contribution in [0, 0.1) is 0 Å². The summed E-state index contributed by atoms with van der Waals surface area (Å²) in [5.41, 5.74) is 1.60. The molecule has 0 unspecified atom stereocenters. The van der Waals surface area contributed by atoms with Gasteiger partial charge in [-0.25, -0.2) is 4.79 Å². The van der Waals surface area contributed by atoms with E-state index < -0.39 is 5.97 Å². The monoisotopic (exact) mass is 304 g/mol. The highest BCUT2D eigenvalue weighted by Crippen LogP contribution is 2.16. The van der Waals surface area contributed by atoms with Crippen molar-refractivity contribution in [2.45, 2.75) is 6.54 Å². The summed E-state index contributed by atoms with van der Waals surface area (Å²) in [7, 11) is 1.66. The van der Waals surface area contributed by atoms with E-state index >= 15 is 0 Å². The molecule has 5 nitrogen and oxygen atoms in total. The fourth-order valence-corrected chi connectivity index (χ4v) is 2.60. The predicted molar refractivity (Wildman–Crippen MR) is 82.6 cm³/mol. The van der Waals surface area contributed by atoms with Gasteiger partial charge in [-0.1, -0.05) is 18.2 Å². The van der Waals surface area contributed by atoms with Gasteiger partial charge in [-0.15, -0.1) is 0 Å². The van der Waals surface area contributed by atoms with Crippen LogP contribution in [0.1, 0.15) is 5.56 Å². The average Bonchev–Trinajstić information content (AvgIpc) is 2.97. The Morgan fingerprint density at radius 2 is 1.90 bits per heavy atom. The Labute approximate surface area is 127 Å². The van der Waals surface area contributed by atoms with E-state index in [2.05, 4.69) is 0 Å². The number of carbonyl (C=O) groups excluding carboxylic acids is 1. The molecule has 0 bridgehead atoms. The van der Waals surface area contributed by atoms with Crippen LogP contribution in [0.2, 0.25) is 0 Å². The highest BCUT2D eigenvalue weighted by atomic mass is 32.1. The number of para-hydroxylation sites is 1. The quantitative estimate of drug-likeness (QED) is 0.924. The number of thiophene rings is 1. The molecule has 1 N–H and O–H groups in total. The zero-order valence-corrected chi connectivity index (χ0v) is 12.4. The number of hydrogen-bond donors (Lipinski definition) is 1. The number of anilines is 1. The molecule has 0 atom stereocenters. The van der Waals surface area contributed by atoms with Crippen LogP contribution in [0.25, 0.3) is 0 Å². The summed E-state index contributed by atoms with van der Waals surface area (Å²) in [6.07, 6.45) is 0. The van der Waals surface area contributed by atoms with Crippen molar-refractivity contribution in [1.82, 2.24) is 4.90 Å². The maximum absolute atomic E-state index is 12.5. The van der Waals surface area contributed by atoms with E-state index in [1.54, 1.807) is 42.6 Å². The lowest BCUT2D eigenvalue weighted by molar-refractivity contribution is -0.135. The number of amides is 2. The topological polar surface area (TPSA) is 60.9 Å². The number of carboxylic acids is 1. The Kier molecular flexibility index (Phi) is 4.94. The molecule has 2 aromatic rings. The first-order valence-electron chi connectivity index (χ1n) is 6.38. The third-order valence-electron chi connectivity index (χ3n) is 2.92. The second-order valence-electron chi connectivity index (χ2n) is 4.59. The minimum atomic E-state index is -1.05. The molecule has 21 heavy (non-hydrogen) atoms. The summed E-state index contributed by atoms with van der Waals surface area (Å²) < 4.78 is 0. The van der Waals surface area contributed by atoms with Crippen molar-refractivity contribution >= 4 is 29.0 Å². The third-order valence-corrected chi connectivity index (χ3v) is 3.65. The Morgan fingerprint density at radius 3 is 2.48 bits per heavy atom. The van der Waals surface area contributed by atoms with Crippen LogP contribution in [-0.2, 0) is 11.3 Å². The van der Waals surface area contributed by atoms with Gasteiger partial charge in [0.1, 0.15) is 6.54 Å². The molecule has 0 spiro atoms. The van der Waals surface area contributed by atoms with Gasteiger partial charge in [0.05, 0.1) is 0 Å². The van der Waals surface area contributed by atoms with Crippen molar-refractivity contribution in [2.75, 3.05) is 18.5 Å². The summed E-state index contributed by atoms with van der Waals surface area (Å²) in [6, 6.07) is 10.4. The van der Waals surface area contributed by atoms with E-state index in [1.165, 1.54) is 9.80 Å². The van der Waals surface area contributed by atoms with E-state index in [4.69, 9.17) is 5.11 Å². The van der Waals surface area contributed by atoms with Crippen LogP contribution in [0.4, 0.5) is 10.5 Å². The fraction of sp³-hybridized carbons (Fsp3) is 0.200. The minimum Gasteiger partial charge on any atom is -0.480 e. The number of carboxylic acid groups (broad SMARTS) is 1. The largest absolute Gasteiger partial charge is 0.480 e. The predicted octanol–water partition coefficient (Wildman–Crippen LogP) is 2.89. The second kappa shape index (κ2) is 6.90. The van der Waals surface area contributed by atoms with Gasteiger partial charge >= 0.3 is 12.0 Å². The van der Waals surface area contributed by atoms with Gasteiger partial charge in [0.25, 0.3) is 0 Å². The van der Waals surface area contributed by atoms with Crippen molar-refractivity contribution in [3.05, 3.63) is 52.7 Å². The first-order valence-corrected chi connectivity index (χ1v) is 7.33. The van der Waals surface area contributed by atoms with E-state index in [0.29, 0.717) is 12.2 Å². The Hall–Kier alpha value is -2.34. The molecule has 0 aliphatic rings. The van der Waals surface area contributed by atoms with E-state index in [9.17, 15) is 9.59 Å². The molecule has 0 aliphatic carbocycles. The third kappa shape index (κ3) is 4.06.